The number of aromatic carboxylic acids is 1. The molecule has 4 aromatic rings. The highest BCUT2D eigenvalue weighted by Gasteiger charge is 2.50. The molecular weight excluding hydrogens is 486 g/mol. The first-order valence-corrected chi connectivity index (χ1v) is 14.2. The highest BCUT2D eigenvalue weighted by atomic mass is 16.4. The summed E-state index contributed by atoms with van der Waals surface area (Å²) in [6, 6.07) is 20.8. The molecule has 0 spiro atoms. The largest absolute Gasteiger partial charge is 0.478 e. The number of aryl methyl sites for hydroxylation is 1. The van der Waals surface area contributed by atoms with Crippen molar-refractivity contribution in [1.82, 2.24) is 9.97 Å². The van der Waals surface area contributed by atoms with Gasteiger partial charge in [0.2, 0.25) is 0 Å². The van der Waals surface area contributed by atoms with Gasteiger partial charge < -0.3 is 15.4 Å². The van der Waals surface area contributed by atoms with E-state index >= 15 is 0 Å². The zero-order valence-corrected chi connectivity index (χ0v) is 22.0. The Bertz CT molecular complexity index is 1550. The van der Waals surface area contributed by atoms with E-state index in [4.69, 9.17) is 4.98 Å². The van der Waals surface area contributed by atoms with Gasteiger partial charge in [-0.25, -0.2) is 9.78 Å². The standard InChI is InChI=1S/C33H33N3O3/c37-31(34-27-7-3-6-26(16-27)32(38)39)29-28(10-11-33-17-20-12-21(18-33)14-22(13-20)19-33)35-30(36-29)25-9-8-23-4-1-2-5-24(23)15-25/h1-9,15-16,20-22H,10-14,17-19H2,(H,34,37)(H,35,36)(H,38,39). The minimum atomic E-state index is -1.03. The second kappa shape index (κ2) is 9.37. The average Bonchev–Trinajstić information content (AvgIpc) is 3.36. The van der Waals surface area contributed by atoms with Gasteiger partial charge in [-0.2, -0.15) is 0 Å². The van der Waals surface area contributed by atoms with Crippen LogP contribution in [0.1, 0.15) is 71.5 Å². The van der Waals surface area contributed by atoms with Crippen LogP contribution in [0.2, 0.25) is 0 Å². The average molecular weight is 520 g/mol. The van der Waals surface area contributed by atoms with E-state index in [1.807, 2.05) is 18.2 Å². The van der Waals surface area contributed by atoms with E-state index in [9.17, 15) is 14.7 Å². The Morgan fingerprint density at radius 2 is 1.62 bits per heavy atom. The van der Waals surface area contributed by atoms with Crippen molar-refractivity contribution in [2.45, 2.75) is 51.4 Å². The summed E-state index contributed by atoms with van der Waals surface area (Å²) in [6.07, 6.45) is 10.1. The van der Waals surface area contributed by atoms with Crippen molar-refractivity contribution in [3.8, 4) is 11.4 Å². The number of imidazole rings is 1. The Morgan fingerprint density at radius 1 is 0.897 bits per heavy atom. The number of nitrogens with one attached hydrogen (secondary N) is 2. The fraction of sp³-hybridized carbons (Fsp3) is 0.364. The second-order valence-corrected chi connectivity index (χ2v) is 12.2. The van der Waals surface area contributed by atoms with Crippen molar-refractivity contribution < 1.29 is 14.7 Å². The van der Waals surface area contributed by atoms with Crippen molar-refractivity contribution in [2.75, 3.05) is 5.32 Å². The van der Waals surface area contributed by atoms with Crippen molar-refractivity contribution >= 4 is 28.3 Å². The lowest BCUT2D eigenvalue weighted by Gasteiger charge is -2.57. The number of nitrogens with zero attached hydrogens (tertiary/aromatic N) is 1. The minimum Gasteiger partial charge on any atom is -0.478 e. The van der Waals surface area contributed by atoms with Crippen LogP contribution in [0, 0.1) is 23.2 Å². The Kier molecular flexibility index (Phi) is 5.80. The maximum absolute atomic E-state index is 13.6. The Morgan fingerprint density at radius 3 is 2.33 bits per heavy atom. The van der Waals surface area contributed by atoms with Crippen molar-refractivity contribution in [1.29, 1.82) is 0 Å². The molecule has 4 aliphatic rings. The van der Waals surface area contributed by atoms with Crippen molar-refractivity contribution in [3.05, 3.63) is 83.7 Å². The van der Waals surface area contributed by atoms with Crippen molar-refractivity contribution in [3.63, 3.8) is 0 Å². The molecule has 1 heterocycles. The van der Waals surface area contributed by atoms with Gasteiger partial charge in [0.15, 0.2) is 0 Å². The number of benzene rings is 3. The first-order valence-electron chi connectivity index (χ1n) is 14.2. The van der Waals surface area contributed by atoms with Crippen LogP contribution in [-0.4, -0.2) is 27.0 Å². The lowest BCUT2D eigenvalue weighted by molar-refractivity contribution is -0.0570. The van der Waals surface area contributed by atoms with Gasteiger partial charge in [0.05, 0.1) is 5.56 Å². The van der Waals surface area contributed by atoms with E-state index in [-0.39, 0.29) is 11.5 Å². The normalized spacial score (nSPS) is 25.2. The first kappa shape index (κ1) is 24.1. The molecule has 0 aliphatic heterocycles. The number of hydrogen-bond donors (Lipinski definition) is 3. The number of carbonyl (C=O) groups is 2. The van der Waals surface area contributed by atoms with Crippen LogP contribution in [0.25, 0.3) is 22.2 Å². The molecule has 4 bridgehead atoms. The zero-order valence-electron chi connectivity index (χ0n) is 22.0. The summed E-state index contributed by atoms with van der Waals surface area (Å²) in [5.41, 5.74) is 3.17. The van der Waals surface area contributed by atoms with Gasteiger partial charge in [0, 0.05) is 16.9 Å². The van der Waals surface area contributed by atoms with Gasteiger partial charge in [-0.3, -0.25) is 4.79 Å². The molecule has 6 heteroatoms. The van der Waals surface area contributed by atoms with E-state index in [1.165, 1.54) is 50.7 Å². The molecule has 0 unspecified atom stereocenters. The zero-order chi connectivity index (χ0) is 26.6. The molecule has 1 aromatic heterocycles. The fourth-order valence-corrected chi connectivity index (χ4v) is 8.16. The van der Waals surface area contributed by atoms with E-state index in [0.717, 1.165) is 52.6 Å². The molecule has 6 nitrogen and oxygen atoms in total. The number of anilines is 1. The second-order valence-electron chi connectivity index (χ2n) is 12.2. The van der Waals surface area contributed by atoms with Crippen LogP contribution in [0.3, 0.4) is 0 Å². The molecule has 4 aliphatic carbocycles. The smallest absolute Gasteiger partial charge is 0.335 e. The summed E-state index contributed by atoms with van der Waals surface area (Å²) in [4.78, 5) is 33.3. The number of aromatic amines is 1. The number of H-pyrrole nitrogens is 1. The Labute approximate surface area is 227 Å². The number of amides is 1. The first-order chi connectivity index (χ1) is 18.9. The topological polar surface area (TPSA) is 95.1 Å². The number of rotatable bonds is 7. The van der Waals surface area contributed by atoms with Gasteiger partial charge in [0.25, 0.3) is 5.91 Å². The summed E-state index contributed by atoms with van der Waals surface area (Å²) in [6.45, 7) is 0. The molecule has 8 rings (SSSR count). The van der Waals surface area contributed by atoms with Gasteiger partial charge in [0.1, 0.15) is 11.5 Å². The predicted molar refractivity (Wildman–Crippen MR) is 152 cm³/mol. The number of fused-ring (bicyclic) bond motifs is 1. The lowest BCUT2D eigenvalue weighted by Crippen LogP contribution is -2.46. The molecule has 1 amide bonds. The molecule has 4 saturated carbocycles. The van der Waals surface area contributed by atoms with E-state index in [1.54, 1.807) is 12.1 Å². The fourth-order valence-electron chi connectivity index (χ4n) is 8.16. The molecule has 198 valence electrons. The van der Waals surface area contributed by atoms with Gasteiger partial charge in [-0.1, -0.05) is 42.5 Å². The highest BCUT2D eigenvalue weighted by molar-refractivity contribution is 6.04. The summed E-state index contributed by atoms with van der Waals surface area (Å²) in [5, 5.41) is 14.5. The third-order valence-electron chi connectivity index (χ3n) is 9.45. The lowest BCUT2D eigenvalue weighted by atomic mass is 9.48. The van der Waals surface area contributed by atoms with Crippen LogP contribution in [0.5, 0.6) is 0 Å². The van der Waals surface area contributed by atoms with Gasteiger partial charge in [-0.15, -0.1) is 0 Å². The van der Waals surface area contributed by atoms with Crippen LogP contribution in [0.4, 0.5) is 5.69 Å². The maximum atomic E-state index is 13.6. The molecule has 0 radical (unpaired) electrons. The highest BCUT2D eigenvalue weighted by Crippen LogP contribution is 2.61. The van der Waals surface area contributed by atoms with E-state index in [0.29, 0.717) is 22.6 Å². The number of hydrogen-bond acceptors (Lipinski definition) is 3. The van der Waals surface area contributed by atoms with E-state index < -0.39 is 5.97 Å². The van der Waals surface area contributed by atoms with Gasteiger partial charge >= 0.3 is 5.97 Å². The maximum Gasteiger partial charge on any atom is 0.335 e. The molecule has 3 aromatic carbocycles. The minimum absolute atomic E-state index is 0.133. The third kappa shape index (κ3) is 4.62. The Hall–Kier alpha value is -3.93. The summed E-state index contributed by atoms with van der Waals surface area (Å²) >= 11 is 0. The van der Waals surface area contributed by atoms with Crippen LogP contribution in [0.15, 0.2) is 66.7 Å². The third-order valence-corrected chi connectivity index (χ3v) is 9.45. The molecule has 3 N–H and O–H groups in total. The van der Waals surface area contributed by atoms with Crippen molar-refractivity contribution in [2.24, 2.45) is 23.2 Å². The number of carboxylic acid groups (broad SMARTS) is 1. The van der Waals surface area contributed by atoms with Crippen LogP contribution < -0.4 is 5.32 Å². The van der Waals surface area contributed by atoms with E-state index in [2.05, 4.69) is 34.6 Å². The molecule has 39 heavy (non-hydrogen) atoms. The predicted octanol–water partition coefficient (Wildman–Crippen LogP) is 7.33. The number of carbonyl (C=O) groups excluding carboxylic acids is 1. The van der Waals surface area contributed by atoms with Crippen LogP contribution >= 0.6 is 0 Å². The number of aromatic nitrogens is 2. The SMILES string of the molecule is O=C(O)c1cccc(NC(=O)c2nc(-c3ccc4ccccc4c3)[nH]c2CCC23CC4CC(CC(C4)C2)C3)c1. The Balaban J connectivity index is 1.20. The number of carboxylic acids is 1. The van der Waals surface area contributed by atoms with Crippen LogP contribution in [-0.2, 0) is 6.42 Å². The summed E-state index contributed by atoms with van der Waals surface area (Å²) in [7, 11) is 0. The summed E-state index contributed by atoms with van der Waals surface area (Å²) < 4.78 is 0. The summed E-state index contributed by atoms with van der Waals surface area (Å²) in [5.74, 6) is 1.99. The molecular formula is C33H33N3O3. The quantitative estimate of drug-likeness (QED) is 0.238. The monoisotopic (exact) mass is 519 g/mol. The molecule has 4 fully saturated rings. The van der Waals surface area contributed by atoms with Gasteiger partial charge in [-0.05, 0) is 110 Å². The molecule has 0 atom stereocenters. The molecule has 0 saturated heterocycles.